The van der Waals surface area contributed by atoms with Crippen LogP contribution < -0.4 is 9.47 Å². The van der Waals surface area contributed by atoms with Crippen LogP contribution in [0.15, 0.2) is 30.5 Å². The average molecular weight is 315 g/mol. The molecule has 1 aromatic heterocycles. The molecule has 0 amide bonds. The van der Waals surface area contributed by atoms with Crippen molar-refractivity contribution in [2.75, 3.05) is 7.11 Å². The monoisotopic (exact) mass is 314 g/mol. The number of hydrogen-bond donors (Lipinski definition) is 0. The van der Waals surface area contributed by atoms with Crippen LogP contribution in [0.5, 0.6) is 11.6 Å². The van der Waals surface area contributed by atoms with E-state index in [9.17, 15) is 5.26 Å². The second-order valence-corrected chi connectivity index (χ2v) is 5.63. The predicted molar refractivity (Wildman–Crippen MR) is 84.2 cm³/mol. The lowest BCUT2D eigenvalue weighted by Crippen LogP contribution is -2.24. The predicted octanol–water partition coefficient (Wildman–Crippen LogP) is 4.21. The van der Waals surface area contributed by atoms with Gasteiger partial charge in [-0.2, -0.15) is 5.26 Å². The van der Waals surface area contributed by atoms with Crippen molar-refractivity contribution in [3.8, 4) is 28.8 Å². The first-order valence-electron chi connectivity index (χ1n) is 7.12. The number of hydrogen-bond acceptors (Lipinski definition) is 4. The van der Waals surface area contributed by atoms with Crippen molar-refractivity contribution in [1.82, 2.24) is 4.98 Å². The Labute approximate surface area is 134 Å². The van der Waals surface area contributed by atoms with Crippen molar-refractivity contribution in [3.63, 3.8) is 0 Å². The molecule has 0 spiro atoms. The van der Waals surface area contributed by atoms with E-state index in [0.717, 1.165) is 24.0 Å². The van der Waals surface area contributed by atoms with Crippen LogP contribution in [0.2, 0.25) is 5.02 Å². The number of benzene rings is 1. The van der Waals surface area contributed by atoms with E-state index in [-0.39, 0.29) is 6.10 Å². The smallest absolute Gasteiger partial charge is 0.213 e. The summed E-state index contributed by atoms with van der Waals surface area (Å²) in [5.41, 5.74) is 2.04. The van der Waals surface area contributed by atoms with Crippen molar-refractivity contribution in [2.45, 2.75) is 25.4 Å². The van der Waals surface area contributed by atoms with Crippen molar-refractivity contribution in [1.29, 1.82) is 5.26 Å². The normalized spacial score (nSPS) is 14.0. The SMILES string of the molecule is COc1cc(-c2cc(Cl)ccc2C#N)c(OC2CCC2)cn1. The third-order valence-corrected chi connectivity index (χ3v) is 4.02. The minimum atomic E-state index is 0.221. The quantitative estimate of drug-likeness (QED) is 0.848. The lowest BCUT2D eigenvalue weighted by atomic mass is 9.95. The molecule has 0 radical (unpaired) electrons. The van der Waals surface area contributed by atoms with Crippen molar-refractivity contribution < 1.29 is 9.47 Å². The minimum Gasteiger partial charge on any atom is -0.488 e. The third-order valence-electron chi connectivity index (χ3n) is 3.79. The first kappa shape index (κ1) is 14.7. The zero-order valence-electron chi connectivity index (χ0n) is 12.2. The summed E-state index contributed by atoms with van der Waals surface area (Å²) in [4.78, 5) is 4.21. The van der Waals surface area contributed by atoms with Crippen molar-refractivity contribution >= 4 is 11.6 Å². The molecule has 1 heterocycles. The van der Waals surface area contributed by atoms with Gasteiger partial charge >= 0.3 is 0 Å². The van der Waals surface area contributed by atoms with Gasteiger partial charge in [-0.05, 0) is 37.5 Å². The van der Waals surface area contributed by atoms with Crippen LogP contribution in [0.4, 0.5) is 0 Å². The lowest BCUT2D eigenvalue weighted by molar-refractivity contribution is 0.120. The topological polar surface area (TPSA) is 55.1 Å². The van der Waals surface area contributed by atoms with Crippen LogP contribution in [0.25, 0.3) is 11.1 Å². The van der Waals surface area contributed by atoms with Gasteiger partial charge in [0, 0.05) is 22.2 Å². The summed E-state index contributed by atoms with van der Waals surface area (Å²) in [6.45, 7) is 0. The number of methoxy groups -OCH3 is 1. The van der Waals surface area contributed by atoms with E-state index in [2.05, 4.69) is 11.1 Å². The Morgan fingerprint density at radius 3 is 2.73 bits per heavy atom. The van der Waals surface area contributed by atoms with E-state index >= 15 is 0 Å². The Morgan fingerprint density at radius 1 is 1.27 bits per heavy atom. The summed E-state index contributed by atoms with van der Waals surface area (Å²) in [5, 5.41) is 9.92. The number of ether oxygens (including phenoxy) is 2. The molecule has 0 atom stereocenters. The molecule has 0 unspecified atom stereocenters. The number of pyridine rings is 1. The van der Waals surface area contributed by atoms with E-state index in [1.807, 2.05) is 0 Å². The second kappa shape index (κ2) is 6.25. The van der Waals surface area contributed by atoms with Gasteiger partial charge in [0.1, 0.15) is 5.75 Å². The Balaban J connectivity index is 2.10. The van der Waals surface area contributed by atoms with Crippen LogP contribution in [-0.4, -0.2) is 18.2 Å². The molecule has 0 aliphatic heterocycles. The van der Waals surface area contributed by atoms with E-state index < -0.39 is 0 Å². The molecule has 1 aromatic carbocycles. The number of aromatic nitrogens is 1. The Bertz CT molecular complexity index is 736. The fourth-order valence-corrected chi connectivity index (χ4v) is 2.52. The Hall–Kier alpha value is -2.25. The molecule has 2 aromatic rings. The second-order valence-electron chi connectivity index (χ2n) is 5.20. The maximum atomic E-state index is 9.35. The summed E-state index contributed by atoms with van der Waals surface area (Å²) in [6.07, 6.45) is 5.15. The van der Waals surface area contributed by atoms with E-state index in [1.54, 1.807) is 37.6 Å². The van der Waals surface area contributed by atoms with Crippen LogP contribution >= 0.6 is 11.6 Å². The van der Waals surface area contributed by atoms with E-state index in [1.165, 1.54) is 6.42 Å². The van der Waals surface area contributed by atoms with Gasteiger partial charge in [-0.3, -0.25) is 0 Å². The molecule has 0 N–H and O–H groups in total. The van der Waals surface area contributed by atoms with Gasteiger partial charge in [-0.25, -0.2) is 4.98 Å². The highest BCUT2D eigenvalue weighted by molar-refractivity contribution is 6.31. The fourth-order valence-electron chi connectivity index (χ4n) is 2.34. The number of nitriles is 1. The highest BCUT2D eigenvalue weighted by Gasteiger charge is 2.22. The van der Waals surface area contributed by atoms with Crippen LogP contribution in [-0.2, 0) is 0 Å². The zero-order chi connectivity index (χ0) is 15.5. The highest BCUT2D eigenvalue weighted by Crippen LogP contribution is 2.37. The standard InChI is InChI=1S/C17H15ClN2O2/c1-21-17-8-15(14-7-12(18)6-5-11(14)9-19)16(10-20-17)22-13-3-2-4-13/h5-8,10,13H,2-4H2,1H3. The van der Waals surface area contributed by atoms with Gasteiger partial charge in [-0.15, -0.1) is 0 Å². The van der Waals surface area contributed by atoms with Crippen LogP contribution in [0.3, 0.4) is 0 Å². The molecule has 5 heteroatoms. The van der Waals surface area contributed by atoms with Crippen LogP contribution in [0.1, 0.15) is 24.8 Å². The van der Waals surface area contributed by atoms with Gasteiger partial charge in [-0.1, -0.05) is 11.6 Å². The van der Waals surface area contributed by atoms with Gasteiger partial charge in [0.05, 0.1) is 31.0 Å². The van der Waals surface area contributed by atoms with Gasteiger partial charge in [0.15, 0.2) is 0 Å². The maximum absolute atomic E-state index is 9.35. The molecule has 1 aliphatic rings. The molecule has 1 saturated carbocycles. The number of rotatable bonds is 4. The molecule has 4 nitrogen and oxygen atoms in total. The molecule has 22 heavy (non-hydrogen) atoms. The first-order chi connectivity index (χ1) is 10.7. The van der Waals surface area contributed by atoms with E-state index in [0.29, 0.717) is 22.2 Å². The Kier molecular flexibility index (Phi) is 4.17. The number of nitrogens with zero attached hydrogens (tertiary/aromatic N) is 2. The fraction of sp³-hybridized carbons (Fsp3) is 0.294. The minimum absolute atomic E-state index is 0.221. The largest absolute Gasteiger partial charge is 0.488 e. The molecule has 112 valence electrons. The molecule has 0 saturated heterocycles. The first-order valence-corrected chi connectivity index (χ1v) is 7.50. The maximum Gasteiger partial charge on any atom is 0.213 e. The molecular formula is C17H15ClN2O2. The molecule has 0 bridgehead atoms. The Morgan fingerprint density at radius 2 is 2.09 bits per heavy atom. The molecule has 3 rings (SSSR count). The molecule has 1 fully saturated rings. The molecular weight excluding hydrogens is 300 g/mol. The van der Waals surface area contributed by atoms with Crippen molar-refractivity contribution in [2.24, 2.45) is 0 Å². The average Bonchev–Trinajstić information content (AvgIpc) is 2.51. The summed E-state index contributed by atoms with van der Waals surface area (Å²) in [7, 11) is 1.56. The van der Waals surface area contributed by atoms with Crippen molar-refractivity contribution in [3.05, 3.63) is 41.0 Å². The summed E-state index contributed by atoms with van der Waals surface area (Å²) < 4.78 is 11.2. The van der Waals surface area contributed by atoms with Gasteiger partial charge in [0.25, 0.3) is 0 Å². The molecule has 1 aliphatic carbocycles. The van der Waals surface area contributed by atoms with Gasteiger partial charge < -0.3 is 9.47 Å². The highest BCUT2D eigenvalue weighted by atomic mass is 35.5. The summed E-state index contributed by atoms with van der Waals surface area (Å²) >= 11 is 6.10. The zero-order valence-corrected chi connectivity index (χ0v) is 12.9. The third kappa shape index (κ3) is 2.86. The van der Waals surface area contributed by atoms with E-state index in [4.69, 9.17) is 21.1 Å². The number of halogens is 1. The van der Waals surface area contributed by atoms with Gasteiger partial charge in [0.2, 0.25) is 5.88 Å². The summed E-state index contributed by atoms with van der Waals surface area (Å²) in [5.74, 6) is 1.13. The summed E-state index contributed by atoms with van der Waals surface area (Å²) in [6, 6.07) is 9.15. The lowest BCUT2D eigenvalue weighted by Gasteiger charge is -2.27. The van der Waals surface area contributed by atoms with Crippen LogP contribution in [0, 0.1) is 11.3 Å².